The van der Waals surface area contributed by atoms with E-state index in [1.807, 2.05) is 0 Å². The van der Waals surface area contributed by atoms with E-state index >= 15 is 0 Å². The number of ether oxygens (including phenoxy) is 5. The van der Waals surface area contributed by atoms with Crippen molar-refractivity contribution < 1.29 is 42.5 Å². The van der Waals surface area contributed by atoms with Gasteiger partial charge in [0.2, 0.25) is 6.79 Å². The minimum Gasteiger partial charge on any atom is -0.493 e. The fraction of sp³-hybridized carbons (Fsp3) is 0.462. The highest BCUT2D eigenvalue weighted by molar-refractivity contribution is 5.99. The van der Waals surface area contributed by atoms with Crippen LogP contribution < -0.4 is 9.47 Å². The van der Waals surface area contributed by atoms with Gasteiger partial charge in [0.1, 0.15) is 11.9 Å². The van der Waals surface area contributed by atoms with Crippen LogP contribution in [-0.2, 0) is 30.2 Å². The number of rotatable bonds is 14. The van der Waals surface area contributed by atoms with Crippen LogP contribution >= 0.6 is 0 Å². The molecule has 0 saturated carbocycles. The van der Waals surface area contributed by atoms with Gasteiger partial charge >= 0.3 is 11.9 Å². The number of esters is 2. The van der Waals surface area contributed by atoms with Gasteiger partial charge in [0.05, 0.1) is 19.6 Å². The van der Waals surface area contributed by atoms with Gasteiger partial charge in [-0.15, -0.1) is 0 Å². The molecule has 1 aromatic carbocycles. The molecule has 0 aliphatic heterocycles. The van der Waals surface area contributed by atoms with Gasteiger partial charge in [-0.05, 0) is 31.0 Å². The van der Waals surface area contributed by atoms with Crippen molar-refractivity contribution >= 4 is 17.7 Å². The Labute approximate surface area is 209 Å². The lowest BCUT2D eigenvalue weighted by Gasteiger charge is -2.25. The molecule has 0 unspecified atom stereocenters. The SMILES string of the molecule is COC[C@@H](Cc1ccc(F)cc1)[C@H](C)OC(=O)[C@H](C)CC(=O)c1nccc(OC)c1OCOC(C)=O. The summed E-state index contributed by atoms with van der Waals surface area (Å²) in [6, 6.07) is 7.60. The van der Waals surface area contributed by atoms with Crippen molar-refractivity contribution in [3.63, 3.8) is 0 Å². The molecule has 0 aliphatic rings. The molecule has 1 heterocycles. The van der Waals surface area contributed by atoms with E-state index in [2.05, 4.69) is 4.98 Å². The second-order valence-electron chi connectivity index (χ2n) is 8.31. The second kappa shape index (κ2) is 14.1. The molecule has 2 aromatic rings. The van der Waals surface area contributed by atoms with Crippen molar-refractivity contribution in [2.24, 2.45) is 11.8 Å². The van der Waals surface area contributed by atoms with Crippen LogP contribution in [0.5, 0.6) is 11.5 Å². The van der Waals surface area contributed by atoms with Crippen LogP contribution in [0.15, 0.2) is 36.5 Å². The van der Waals surface area contributed by atoms with E-state index in [1.165, 1.54) is 38.4 Å². The van der Waals surface area contributed by atoms with Crippen molar-refractivity contribution in [1.82, 2.24) is 4.98 Å². The minimum atomic E-state index is -0.775. The molecular formula is C26H32FNO8. The maximum Gasteiger partial charge on any atom is 0.309 e. The van der Waals surface area contributed by atoms with Crippen molar-refractivity contribution in [2.45, 2.75) is 39.7 Å². The molecule has 2 rings (SSSR count). The average molecular weight is 506 g/mol. The van der Waals surface area contributed by atoms with Gasteiger partial charge in [0.25, 0.3) is 0 Å². The standard InChI is InChI=1S/C26H32FNO8/c1-16(12-22(30)24-25(35-15-34-18(3)29)23(33-5)10-11-28-24)26(31)36-17(2)20(14-32-4)13-19-6-8-21(27)9-7-19/h6-11,16-17,20H,12-15H2,1-5H3/t16-,17+,20-/m1/s1. The number of benzene rings is 1. The fourth-order valence-corrected chi connectivity index (χ4v) is 3.45. The summed E-state index contributed by atoms with van der Waals surface area (Å²) in [5.74, 6) is -2.61. The lowest BCUT2D eigenvalue weighted by atomic mass is 9.95. The molecule has 0 N–H and O–H groups in total. The number of Topliss-reactive ketones (excluding diaryl/α,β-unsaturated/α-hetero) is 1. The zero-order valence-corrected chi connectivity index (χ0v) is 21.1. The van der Waals surface area contributed by atoms with Gasteiger partial charge in [0, 0.05) is 38.6 Å². The molecule has 1 aromatic heterocycles. The number of ketones is 1. The smallest absolute Gasteiger partial charge is 0.309 e. The summed E-state index contributed by atoms with van der Waals surface area (Å²) in [5.41, 5.74) is 0.831. The lowest BCUT2D eigenvalue weighted by Crippen LogP contribution is -2.31. The van der Waals surface area contributed by atoms with Gasteiger partial charge < -0.3 is 23.7 Å². The summed E-state index contributed by atoms with van der Waals surface area (Å²) in [6.45, 7) is 4.46. The summed E-state index contributed by atoms with van der Waals surface area (Å²) in [6.07, 6.45) is 1.19. The maximum atomic E-state index is 13.2. The first-order chi connectivity index (χ1) is 17.2. The van der Waals surface area contributed by atoms with Gasteiger partial charge in [-0.25, -0.2) is 9.37 Å². The normalized spacial score (nSPS) is 13.3. The third kappa shape index (κ3) is 8.60. The first kappa shape index (κ1) is 28.7. The Bertz CT molecular complexity index is 1030. The molecule has 0 spiro atoms. The van der Waals surface area contributed by atoms with Crippen LogP contribution in [0.25, 0.3) is 0 Å². The number of hydrogen-bond acceptors (Lipinski definition) is 9. The topological polar surface area (TPSA) is 110 Å². The van der Waals surface area contributed by atoms with Crippen LogP contribution in [-0.4, -0.2) is 56.4 Å². The van der Waals surface area contributed by atoms with E-state index in [-0.39, 0.29) is 35.3 Å². The molecular weight excluding hydrogens is 473 g/mol. The number of pyridine rings is 1. The number of carbonyl (C=O) groups excluding carboxylic acids is 3. The monoisotopic (exact) mass is 505 g/mol. The Kier molecular flexibility index (Phi) is 11.3. The third-order valence-corrected chi connectivity index (χ3v) is 5.47. The van der Waals surface area contributed by atoms with Crippen LogP contribution in [0, 0.1) is 17.7 Å². The highest BCUT2D eigenvalue weighted by Crippen LogP contribution is 2.31. The highest BCUT2D eigenvalue weighted by atomic mass is 19.1. The molecule has 0 amide bonds. The summed E-state index contributed by atoms with van der Waals surface area (Å²) >= 11 is 0. The average Bonchev–Trinajstić information content (AvgIpc) is 2.84. The molecule has 196 valence electrons. The second-order valence-corrected chi connectivity index (χ2v) is 8.31. The molecule has 0 radical (unpaired) electrons. The number of hydrogen-bond donors (Lipinski definition) is 0. The number of nitrogens with zero attached hydrogens (tertiary/aromatic N) is 1. The lowest BCUT2D eigenvalue weighted by molar-refractivity contribution is -0.156. The summed E-state index contributed by atoms with van der Waals surface area (Å²) in [4.78, 5) is 40.9. The maximum absolute atomic E-state index is 13.2. The quantitative estimate of drug-likeness (QED) is 0.215. The molecule has 10 heteroatoms. The minimum absolute atomic E-state index is 0.0136. The molecule has 9 nitrogen and oxygen atoms in total. The highest BCUT2D eigenvalue weighted by Gasteiger charge is 2.28. The number of aromatic nitrogens is 1. The fourth-order valence-electron chi connectivity index (χ4n) is 3.45. The van der Waals surface area contributed by atoms with Crippen molar-refractivity contribution in [1.29, 1.82) is 0 Å². The van der Waals surface area contributed by atoms with Gasteiger partial charge in [-0.1, -0.05) is 19.1 Å². The van der Waals surface area contributed by atoms with Crippen molar-refractivity contribution in [3.8, 4) is 11.5 Å². The van der Waals surface area contributed by atoms with Gasteiger partial charge in [-0.3, -0.25) is 14.4 Å². The Morgan fingerprint density at radius 3 is 2.36 bits per heavy atom. The number of methoxy groups -OCH3 is 2. The zero-order valence-electron chi connectivity index (χ0n) is 21.1. The van der Waals surface area contributed by atoms with Crippen LogP contribution in [0.3, 0.4) is 0 Å². The Hall–Kier alpha value is -3.53. The third-order valence-electron chi connectivity index (χ3n) is 5.47. The van der Waals surface area contributed by atoms with E-state index in [0.29, 0.717) is 13.0 Å². The first-order valence-electron chi connectivity index (χ1n) is 11.4. The molecule has 0 fully saturated rings. The van der Waals surface area contributed by atoms with Crippen LogP contribution in [0.4, 0.5) is 4.39 Å². The van der Waals surface area contributed by atoms with E-state index in [9.17, 15) is 18.8 Å². The van der Waals surface area contributed by atoms with Gasteiger partial charge in [-0.2, -0.15) is 0 Å². The van der Waals surface area contributed by atoms with E-state index in [0.717, 1.165) is 5.56 Å². The van der Waals surface area contributed by atoms with Crippen LogP contribution in [0.2, 0.25) is 0 Å². The first-order valence-corrected chi connectivity index (χ1v) is 11.4. The molecule has 0 aliphatic carbocycles. The number of carbonyl (C=O) groups is 3. The molecule has 0 saturated heterocycles. The van der Waals surface area contributed by atoms with Crippen molar-refractivity contribution in [3.05, 3.63) is 53.6 Å². The largest absolute Gasteiger partial charge is 0.493 e. The molecule has 36 heavy (non-hydrogen) atoms. The Morgan fingerprint density at radius 1 is 1.06 bits per heavy atom. The molecule has 3 atom stereocenters. The summed E-state index contributed by atoms with van der Waals surface area (Å²) in [7, 11) is 2.95. The zero-order chi connectivity index (χ0) is 26.7. The Morgan fingerprint density at radius 2 is 1.75 bits per heavy atom. The Balaban J connectivity index is 2.05. The predicted molar refractivity (Wildman–Crippen MR) is 127 cm³/mol. The van der Waals surface area contributed by atoms with Crippen LogP contribution in [0.1, 0.15) is 43.2 Å². The van der Waals surface area contributed by atoms with E-state index < -0.39 is 36.5 Å². The van der Waals surface area contributed by atoms with E-state index in [4.69, 9.17) is 23.7 Å². The summed E-state index contributed by atoms with van der Waals surface area (Å²) in [5, 5.41) is 0. The molecule has 0 bridgehead atoms. The number of halogens is 1. The van der Waals surface area contributed by atoms with E-state index in [1.54, 1.807) is 33.1 Å². The van der Waals surface area contributed by atoms with Gasteiger partial charge in [0.15, 0.2) is 23.0 Å². The predicted octanol–water partition coefficient (Wildman–Crippen LogP) is 3.77. The summed E-state index contributed by atoms with van der Waals surface area (Å²) < 4.78 is 39.6. The van der Waals surface area contributed by atoms with Crippen molar-refractivity contribution in [2.75, 3.05) is 27.6 Å².